The minimum absolute atomic E-state index is 0.0685. The number of esters is 1. The fraction of sp³-hybridized carbons (Fsp3) is 0.500. The number of hydrogen-bond acceptors (Lipinski definition) is 11. The number of carbonyl (C=O) groups is 1. The molecule has 1 unspecified atom stereocenters. The SMILES string of the molecule is COC(=O)[C@H](C)NP(=O)(OC[C@H]1O[C@@H](n2cc(C#CCOP(=O)(N3CC3)N3CC3)c(=O)[nH]c2=O)C[C@@H]1O)Oc1ccccc1. The molecule has 3 aliphatic heterocycles. The monoisotopic (exact) mass is 653 g/mol. The number of aliphatic hydroxyl groups excluding tert-OH is 1. The predicted molar refractivity (Wildman–Crippen MR) is 155 cm³/mol. The number of nitrogens with zero attached hydrogens (tertiary/aromatic N) is 3. The first-order valence-electron chi connectivity index (χ1n) is 13.8. The van der Waals surface area contributed by atoms with E-state index < -0.39 is 63.7 Å². The van der Waals surface area contributed by atoms with Crippen LogP contribution in [0.3, 0.4) is 0 Å². The van der Waals surface area contributed by atoms with Gasteiger partial charge in [0.25, 0.3) is 5.56 Å². The van der Waals surface area contributed by atoms with Gasteiger partial charge in [0.1, 0.15) is 36.3 Å². The Morgan fingerprint density at radius 3 is 2.48 bits per heavy atom. The number of para-hydroxylation sites is 1. The molecule has 16 nitrogen and oxygen atoms in total. The molecular formula is C26H33N5O11P2. The largest absolute Gasteiger partial charge is 0.468 e. The fourth-order valence-electron chi connectivity index (χ4n) is 4.36. The van der Waals surface area contributed by atoms with Crippen molar-refractivity contribution >= 4 is 21.4 Å². The van der Waals surface area contributed by atoms with Crippen molar-refractivity contribution in [3.8, 4) is 17.6 Å². The van der Waals surface area contributed by atoms with Crippen molar-refractivity contribution in [1.29, 1.82) is 0 Å². The van der Waals surface area contributed by atoms with E-state index in [0.717, 1.165) is 4.57 Å². The molecule has 0 bridgehead atoms. The number of carbonyl (C=O) groups excluding carboxylic acids is 1. The molecule has 3 fully saturated rings. The maximum atomic E-state index is 13.6. The summed E-state index contributed by atoms with van der Waals surface area (Å²) in [4.78, 5) is 39.2. The van der Waals surface area contributed by atoms with Crippen LogP contribution in [-0.2, 0) is 32.4 Å². The van der Waals surface area contributed by atoms with Gasteiger partial charge in [-0.15, -0.1) is 0 Å². The molecule has 5 rings (SSSR count). The molecule has 238 valence electrons. The number of aromatic amines is 1. The molecule has 44 heavy (non-hydrogen) atoms. The van der Waals surface area contributed by atoms with Gasteiger partial charge in [0.2, 0.25) is 0 Å². The Morgan fingerprint density at radius 1 is 1.16 bits per heavy atom. The summed E-state index contributed by atoms with van der Waals surface area (Å²) in [5, 5.41) is 13.2. The first kappa shape index (κ1) is 32.3. The van der Waals surface area contributed by atoms with Crippen molar-refractivity contribution < 1.29 is 42.1 Å². The molecule has 1 aromatic carbocycles. The Balaban J connectivity index is 1.25. The minimum Gasteiger partial charge on any atom is -0.468 e. The highest BCUT2D eigenvalue weighted by Gasteiger charge is 2.49. The second kappa shape index (κ2) is 13.5. The molecule has 3 saturated heterocycles. The third-order valence-electron chi connectivity index (χ3n) is 6.86. The molecule has 3 aliphatic rings. The van der Waals surface area contributed by atoms with E-state index in [1.165, 1.54) is 20.2 Å². The van der Waals surface area contributed by atoms with Crippen LogP contribution < -0.4 is 20.9 Å². The molecular weight excluding hydrogens is 620 g/mol. The van der Waals surface area contributed by atoms with Crippen molar-refractivity contribution in [2.45, 2.75) is 37.8 Å². The Hall–Kier alpha value is -3.09. The summed E-state index contributed by atoms with van der Waals surface area (Å²) in [6.07, 6.45) is -2.11. The van der Waals surface area contributed by atoms with E-state index in [0.29, 0.717) is 26.2 Å². The number of ether oxygens (including phenoxy) is 2. The molecule has 4 heterocycles. The number of hydrogen-bond donors (Lipinski definition) is 3. The maximum Gasteiger partial charge on any atom is 0.459 e. The third kappa shape index (κ3) is 7.76. The van der Waals surface area contributed by atoms with Crippen LogP contribution in [0.2, 0.25) is 0 Å². The lowest BCUT2D eigenvalue weighted by molar-refractivity contribution is -0.142. The average Bonchev–Trinajstić information content (AvgIpc) is 3.92. The normalized spacial score (nSPS) is 23.7. The molecule has 0 amide bonds. The lowest BCUT2D eigenvalue weighted by Crippen LogP contribution is -2.36. The highest BCUT2D eigenvalue weighted by Crippen LogP contribution is 2.60. The highest BCUT2D eigenvalue weighted by atomic mass is 31.2. The van der Waals surface area contributed by atoms with Gasteiger partial charge < -0.3 is 19.1 Å². The first-order chi connectivity index (χ1) is 21.0. The van der Waals surface area contributed by atoms with Crippen LogP contribution >= 0.6 is 15.4 Å². The van der Waals surface area contributed by atoms with Gasteiger partial charge in [0, 0.05) is 38.8 Å². The van der Waals surface area contributed by atoms with E-state index in [1.54, 1.807) is 39.7 Å². The molecule has 18 heteroatoms. The van der Waals surface area contributed by atoms with Crippen molar-refractivity contribution in [3.63, 3.8) is 0 Å². The van der Waals surface area contributed by atoms with Gasteiger partial charge in [0.15, 0.2) is 0 Å². The first-order valence-corrected chi connectivity index (χ1v) is 16.9. The van der Waals surface area contributed by atoms with E-state index in [1.807, 2.05) is 0 Å². The Morgan fingerprint density at radius 2 is 1.84 bits per heavy atom. The summed E-state index contributed by atoms with van der Waals surface area (Å²) in [5.74, 6) is 4.80. The zero-order valence-electron chi connectivity index (χ0n) is 24.0. The van der Waals surface area contributed by atoms with Gasteiger partial charge in [-0.25, -0.2) is 18.7 Å². The lowest BCUT2D eigenvalue weighted by atomic mass is 10.2. The standard InChI is InChI=1S/C26H33N5O11P2/c1-18(25(34)38-2)28-43(36,42-20-8-4-3-5-9-20)40-17-22-21(32)15-23(41-22)31-16-19(24(33)27-26(31)35)7-6-14-39-44(37,29-10-11-29)30-12-13-30/h3-5,8-9,16,18,21-23,32H,10-15,17H2,1-2H3,(H,28,36)(H,27,33,35)/t18-,21-,22+,23+,43?/m0/s1. The summed E-state index contributed by atoms with van der Waals surface area (Å²) < 4.78 is 58.3. The number of methoxy groups -OCH3 is 1. The molecule has 5 atom stereocenters. The molecule has 0 spiro atoms. The third-order valence-corrected chi connectivity index (χ3v) is 11.2. The number of aliphatic hydroxyl groups is 1. The fourth-order valence-corrected chi connectivity index (χ4v) is 7.97. The van der Waals surface area contributed by atoms with Crippen LogP contribution in [-0.4, -0.2) is 94.7 Å². The van der Waals surface area contributed by atoms with Gasteiger partial charge in [0.05, 0.1) is 19.8 Å². The Labute approximate surface area is 252 Å². The van der Waals surface area contributed by atoms with Crippen LogP contribution in [0.1, 0.15) is 25.1 Å². The molecule has 2 aromatic rings. The summed E-state index contributed by atoms with van der Waals surface area (Å²) >= 11 is 0. The second-order valence-corrected chi connectivity index (χ2v) is 14.3. The summed E-state index contributed by atoms with van der Waals surface area (Å²) in [5.41, 5.74) is -1.60. The van der Waals surface area contributed by atoms with Gasteiger partial charge in [-0.05, 0) is 19.1 Å². The van der Waals surface area contributed by atoms with Crippen LogP contribution in [0.25, 0.3) is 0 Å². The topological polar surface area (TPSA) is 190 Å². The van der Waals surface area contributed by atoms with E-state index in [9.17, 15) is 28.6 Å². The number of nitrogens with one attached hydrogen (secondary N) is 2. The van der Waals surface area contributed by atoms with E-state index in [-0.39, 0.29) is 24.3 Å². The predicted octanol–water partition coefficient (Wildman–Crippen LogP) is 0.647. The average molecular weight is 654 g/mol. The van der Waals surface area contributed by atoms with E-state index in [4.69, 9.17) is 18.3 Å². The smallest absolute Gasteiger partial charge is 0.459 e. The van der Waals surface area contributed by atoms with Crippen LogP contribution in [0.15, 0.2) is 46.1 Å². The van der Waals surface area contributed by atoms with Crippen LogP contribution in [0, 0.1) is 11.8 Å². The number of rotatable bonds is 13. The summed E-state index contributed by atoms with van der Waals surface area (Å²) in [6, 6.07) is 7.06. The van der Waals surface area contributed by atoms with Crippen molar-refractivity contribution in [2.75, 3.05) is 46.5 Å². The summed E-state index contributed by atoms with van der Waals surface area (Å²) in [6.45, 7) is 3.53. The van der Waals surface area contributed by atoms with E-state index in [2.05, 4.69) is 26.6 Å². The Kier molecular flexibility index (Phi) is 9.91. The van der Waals surface area contributed by atoms with Gasteiger partial charge in [-0.2, -0.15) is 5.09 Å². The molecule has 1 aromatic heterocycles. The molecule has 0 saturated carbocycles. The van der Waals surface area contributed by atoms with Crippen LogP contribution in [0.4, 0.5) is 0 Å². The van der Waals surface area contributed by atoms with Crippen molar-refractivity contribution in [1.82, 2.24) is 24.0 Å². The number of H-pyrrole nitrogens is 1. The molecule has 0 aliphatic carbocycles. The molecule has 0 radical (unpaired) electrons. The maximum absolute atomic E-state index is 13.6. The number of benzene rings is 1. The zero-order valence-corrected chi connectivity index (χ0v) is 25.8. The quantitative estimate of drug-likeness (QED) is 0.118. The van der Waals surface area contributed by atoms with Gasteiger partial charge in [-0.1, -0.05) is 30.0 Å². The van der Waals surface area contributed by atoms with Gasteiger partial charge >= 0.3 is 27.1 Å². The second-order valence-electron chi connectivity index (χ2n) is 10.2. The number of aromatic nitrogens is 2. The summed E-state index contributed by atoms with van der Waals surface area (Å²) in [7, 11) is -6.10. The minimum atomic E-state index is -4.21. The molecule has 3 N–H and O–H groups in total. The van der Waals surface area contributed by atoms with Crippen LogP contribution in [0.5, 0.6) is 5.75 Å². The zero-order chi connectivity index (χ0) is 31.5. The Bertz CT molecular complexity index is 1610. The van der Waals surface area contributed by atoms with E-state index >= 15 is 0 Å². The van der Waals surface area contributed by atoms with Gasteiger partial charge in [-0.3, -0.25) is 32.8 Å². The van der Waals surface area contributed by atoms with Crippen molar-refractivity contribution in [3.05, 3.63) is 62.9 Å². The highest BCUT2D eigenvalue weighted by molar-refractivity contribution is 7.54. The lowest BCUT2D eigenvalue weighted by Gasteiger charge is -2.24. The van der Waals surface area contributed by atoms with Crippen molar-refractivity contribution in [2.24, 2.45) is 0 Å².